The molecular weight excluding hydrogens is 435 g/mol. The van der Waals surface area contributed by atoms with Gasteiger partial charge in [-0.05, 0) is 49.9 Å². The third-order valence-electron chi connectivity index (χ3n) is 6.48. The summed E-state index contributed by atoms with van der Waals surface area (Å²) >= 11 is 0. The van der Waals surface area contributed by atoms with Gasteiger partial charge in [0, 0.05) is 31.8 Å². The van der Waals surface area contributed by atoms with Crippen LogP contribution in [-0.2, 0) is 33.1 Å². The predicted molar refractivity (Wildman–Crippen MR) is 114 cm³/mol. The zero-order chi connectivity index (χ0) is 23.5. The Bertz CT molecular complexity index is 1240. The number of rotatable bonds is 2. The lowest BCUT2D eigenvalue weighted by Crippen LogP contribution is -2.39. The number of nitrogens with zero attached hydrogens (tertiary/aromatic N) is 5. The summed E-state index contributed by atoms with van der Waals surface area (Å²) in [5.41, 5.74) is 3.20. The van der Waals surface area contributed by atoms with E-state index in [1.807, 2.05) is 19.1 Å². The second-order valence-electron chi connectivity index (χ2n) is 8.57. The fourth-order valence-electron chi connectivity index (χ4n) is 4.81. The molecule has 0 unspecified atom stereocenters. The van der Waals surface area contributed by atoms with Crippen LogP contribution in [0.15, 0.2) is 24.3 Å². The molecule has 0 spiro atoms. The first-order chi connectivity index (χ1) is 15.6. The first-order valence-electron chi connectivity index (χ1n) is 10.9. The van der Waals surface area contributed by atoms with E-state index in [9.17, 15) is 18.0 Å². The van der Waals surface area contributed by atoms with Crippen LogP contribution >= 0.6 is 0 Å². The van der Waals surface area contributed by atoms with Crippen LogP contribution in [0, 0.1) is 0 Å². The molecule has 0 saturated carbocycles. The lowest BCUT2D eigenvalue weighted by molar-refractivity contribution is -0.141. The van der Waals surface area contributed by atoms with Gasteiger partial charge in [0.1, 0.15) is 5.75 Å². The van der Waals surface area contributed by atoms with Crippen molar-refractivity contribution in [3.05, 3.63) is 52.3 Å². The molecule has 33 heavy (non-hydrogen) atoms. The molecule has 3 aromatic rings. The molecule has 0 fully saturated rings. The smallest absolute Gasteiger partial charge is 0.435 e. The number of halogens is 3. The molecule has 0 bridgehead atoms. The van der Waals surface area contributed by atoms with Crippen LogP contribution in [0.1, 0.15) is 52.3 Å². The van der Waals surface area contributed by atoms with E-state index in [0.717, 1.165) is 35.8 Å². The Morgan fingerprint density at radius 2 is 1.91 bits per heavy atom. The number of alkyl halides is 3. The Morgan fingerprint density at radius 3 is 2.64 bits per heavy atom. The summed E-state index contributed by atoms with van der Waals surface area (Å²) in [5.74, 6) is 0.645. The molecule has 0 aliphatic carbocycles. The first kappa shape index (κ1) is 21.5. The predicted octanol–water partition coefficient (Wildman–Crippen LogP) is 3.92. The van der Waals surface area contributed by atoms with Gasteiger partial charge in [0.2, 0.25) is 0 Å². The Balaban J connectivity index is 1.47. The number of benzene rings is 1. The van der Waals surface area contributed by atoms with Gasteiger partial charge in [-0.25, -0.2) is 0 Å². The molecule has 10 heteroatoms. The van der Waals surface area contributed by atoms with Crippen molar-refractivity contribution in [3.8, 4) is 17.1 Å². The molecule has 0 radical (unpaired) electrons. The zero-order valence-electron chi connectivity index (χ0n) is 18.6. The van der Waals surface area contributed by atoms with Gasteiger partial charge in [0.05, 0.1) is 29.7 Å². The Hall–Kier alpha value is -3.30. The van der Waals surface area contributed by atoms with Crippen molar-refractivity contribution >= 4 is 5.91 Å². The van der Waals surface area contributed by atoms with Crippen molar-refractivity contribution in [1.29, 1.82) is 0 Å². The maximum atomic E-state index is 13.3. The van der Waals surface area contributed by atoms with Gasteiger partial charge in [0.15, 0.2) is 5.69 Å². The highest BCUT2D eigenvalue weighted by molar-refractivity contribution is 5.95. The lowest BCUT2D eigenvalue weighted by atomic mass is 9.96. The molecule has 2 aliphatic heterocycles. The minimum absolute atomic E-state index is 0.114. The van der Waals surface area contributed by atoms with E-state index in [1.54, 1.807) is 22.7 Å². The van der Waals surface area contributed by atoms with Crippen molar-refractivity contribution in [1.82, 2.24) is 24.5 Å². The third kappa shape index (κ3) is 3.57. The Morgan fingerprint density at radius 1 is 1.12 bits per heavy atom. The van der Waals surface area contributed by atoms with Crippen molar-refractivity contribution in [2.24, 2.45) is 14.1 Å². The molecule has 4 heterocycles. The molecule has 2 aliphatic rings. The van der Waals surface area contributed by atoms with Crippen LogP contribution in [0.3, 0.4) is 0 Å². The monoisotopic (exact) mass is 459 g/mol. The first-order valence-corrected chi connectivity index (χ1v) is 10.9. The minimum Gasteiger partial charge on any atom is -0.493 e. The fourth-order valence-corrected chi connectivity index (χ4v) is 4.81. The average molecular weight is 459 g/mol. The average Bonchev–Trinajstić information content (AvgIpc) is 3.32. The van der Waals surface area contributed by atoms with Crippen LogP contribution in [-0.4, -0.2) is 43.5 Å². The summed E-state index contributed by atoms with van der Waals surface area (Å²) < 4.78 is 48.1. The summed E-state index contributed by atoms with van der Waals surface area (Å²) in [6, 6.07) is 6.30. The molecule has 0 N–H and O–H groups in total. The van der Waals surface area contributed by atoms with Crippen LogP contribution in [0.2, 0.25) is 0 Å². The quantitative estimate of drug-likeness (QED) is 0.583. The third-order valence-corrected chi connectivity index (χ3v) is 6.48. The maximum Gasteiger partial charge on any atom is 0.435 e. The molecule has 0 saturated heterocycles. The summed E-state index contributed by atoms with van der Waals surface area (Å²) in [7, 11) is 3.19. The van der Waals surface area contributed by atoms with Crippen molar-refractivity contribution in [3.63, 3.8) is 0 Å². The van der Waals surface area contributed by atoms with Crippen LogP contribution in [0.25, 0.3) is 11.4 Å². The van der Waals surface area contributed by atoms with E-state index in [1.165, 1.54) is 11.7 Å². The van der Waals surface area contributed by atoms with Gasteiger partial charge < -0.3 is 9.64 Å². The van der Waals surface area contributed by atoms with Gasteiger partial charge in [-0.1, -0.05) is 6.07 Å². The second-order valence-corrected chi connectivity index (χ2v) is 8.57. The number of amides is 1. The van der Waals surface area contributed by atoms with E-state index in [4.69, 9.17) is 4.74 Å². The highest BCUT2D eigenvalue weighted by Crippen LogP contribution is 2.38. The maximum absolute atomic E-state index is 13.3. The van der Waals surface area contributed by atoms with Crippen molar-refractivity contribution in [2.75, 3.05) is 13.2 Å². The van der Waals surface area contributed by atoms with Crippen LogP contribution in [0.5, 0.6) is 5.75 Å². The topological polar surface area (TPSA) is 65.2 Å². The number of carbonyl (C=O) groups excluding carboxylic acids is 1. The molecule has 1 atom stereocenters. The summed E-state index contributed by atoms with van der Waals surface area (Å²) in [4.78, 5) is 15.1. The molecule has 1 amide bonds. The van der Waals surface area contributed by atoms with Crippen LogP contribution in [0.4, 0.5) is 13.2 Å². The van der Waals surface area contributed by atoms with E-state index in [-0.39, 0.29) is 11.9 Å². The SMILES string of the molecule is C[C@H]1c2nn(C)c(-c3cc(C(F)(F)F)nn3C)c2CCN1C(=O)c1ccc2c(c1)OCCC2. The standard InChI is InChI=1S/C23H24F3N5O2/c1-13-20-16(21(30(3)28-20)17-12-19(23(24,25)26)27-29(17)2)8-9-31(13)22(32)15-7-6-14-5-4-10-33-18(14)11-15/h6-7,11-13H,4-5,8-10H2,1-3H3/t13-/m0/s1. The van der Waals surface area contributed by atoms with Gasteiger partial charge in [-0.2, -0.15) is 23.4 Å². The molecule has 7 nitrogen and oxygen atoms in total. The molecule has 5 rings (SSSR count). The molecule has 174 valence electrons. The Labute approximate surface area is 188 Å². The van der Waals surface area contributed by atoms with E-state index >= 15 is 0 Å². The number of ether oxygens (including phenoxy) is 1. The number of aryl methyl sites for hydroxylation is 3. The second kappa shape index (κ2) is 7.64. The van der Waals surface area contributed by atoms with Gasteiger partial charge in [-0.3, -0.25) is 14.2 Å². The molecule has 2 aromatic heterocycles. The van der Waals surface area contributed by atoms with E-state index in [0.29, 0.717) is 42.2 Å². The number of aromatic nitrogens is 4. The summed E-state index contributed by atoms with van der Waals surface area (Å²) in [5, 5.41) is 8.23. The fraction of sp³-hybridized carbons (Fsp3) is 0.435. The summed E-state index contributed by atoms with van der Waals surface area (Å²) in [6.45, 7) is 2.98. The molecule has 1 aromatic carbocycles. The normalized spacial score (nSPS) is 18.0. The highest BCUT2D eigenvalue weighted by Gasteiger charge is 2.37. The summed E-state index contributed by atoms with van der Waals surface area (Å²) in [6.07, 6.45) is -2.13. The molecular formula is C23H24F3N5O2. The number of hydrogen-bond donors (Lipinski definition) is 0. The van der Waals surface area contributed by atoms with Gasteiger partial charge in [-0.15, -0.1) is 0 Å². The highest BCUT2D eigenvalue weighted by atomic mass is 19.4. The lowest BCUT2D eigenvalue weighted by Gasteiger charge is -2.33. The van der Waals surface area contributed by atoms with Gasteiger partial charge >= 0.3 is 6.18 Å². The number of hydrogen-bond acceptors (Lipinski definition) is 4. The number of carbonyl (C=O) groups is 1. The van der Waals surface area contributed by atoms with E-state index in [2.05, 4.69) is 10.2 Å². The number of fused-ring (bicyclic) bond motifs is 2. The van der Waals surface area contributed by atoms with Crippen LogP contribution < -0.4 is 4.74 Å². The van der Waals surface area contributed by atoms with Crippen molar-refractivity contribution < 1.29 is 22.7 Å². The minimum atomic E-state index is -4.52. The largest absolute Gasteiger partial charge is 0.493 e. The van der Waals surface area contributed by atoms with Gasteiger partial charge in [0.25, 0.3) is 5.91 Å². The Kier molecular flexibility index (Phi) is 4.98. The van der Waals surface area contributed by atoms with Crippen molar-refractivity contribution in [2.45, 2.75) is 38.4 Å². The van der Waals surface area contributed by atoms with E-state index < -0.39 is 11.9 Å². The zero-order valence-corrected chi connectivity index (χ0v) is 18.6.